The van der Waals surface area contributed by atoms with E-state index in [0.29, 0.717) is 26.1 Å². The van der Waals surface area contributed by atoms with Crippen molar-refractivity contribution in [2.24, 2.45) is 0 Å². The maximum Gasteiger partial charge on any atom is 0.228 e. The molecule has 0 aliphatic carbocycles. The summed E-state index contributed by atoms with van der Waals surface area (Å²) in [6.07, 6.45) is 0.0415. The summed E-state index contributed by atoms with van der Waals surface area (Å²) >= 11 is 3.21. The Balaban J connectivity index is 1.62. The van der Waals surface area contributed by atoms with Crippen LogP contribution in [0.1, 0.15) is 5.69 Å². The third-order valence-electron chi connectivity index (χ3n) is 3.31. The smallest absolute Gasteiger partial charge is 0.228 e. The van der Waals surface area contributed by atoms with E-state index in [-0.39, 0.29) is 18.6 Å². The number of hydrogen-bond donors (Lipinski definition) is 1. The topological polar surface area (TPSA) is 62.7 Å². The molecule has 2 aromatic rings. The normalized spacial score (nSPS) is 18.9. The molecule has 1 unspecified atom stereocenters. The molecule has 1 saturated heterocycles. The van der Waals surface area contributed by atoms with Crippen LogP contribution in [0, 0.1) is 0 Å². The lowest BCUT2D eigenvalue weighted by atomic mass is 10.2. The summed E-state index contributed by atoms with van der Waals surface area (Å²) in [7, 11) is 0. The second kappa shape index (κ2) is 6.65. The molecule has 0 radical (unpaired) electrons. The average Bonchev–Trinajstić information content (AvgIpc) is 3.18. The fraction of sp³-hybridized carbons (Fsp3) is 0.429. The number of carbonyl (C=O) groups excluding carboxylic acids is 1. The van der Waals surface area contributed by atoms with E-state index in [1.807, 2.05) is 22.9 Å². The number of thiazole rings is 1. The second-order valence-corrected chi connectivity index (χ2v) is 6.62. The number of hydrogen-bond acceptors (Lipinski definition) is 6. The molecule has 0 spiro atoms. The van der Waals surface area contributed by atoms with E-state index in [1.54, 1.807) is 27.6 Å². The molecule has 2 aromatic heterocycles. The van der Waals surface area contributed by atoms with Crippen LogP contribution in [0.3, 0.4) is 0 Å². The molecule has 1 aliphatic rings. The van der Waals surface area contributed by atoms with Crippen molar-refractivity contribution in [1.29, 1.82) is 0 Å². The third kappa shape index (κ3) is 3.49. The van der Waals surface area contributed by atoms with E-state index >= 15 is 0 Å². The lowest BCUT2D eigenvalue weighted by molar-refractivity contribution is -0.139. The minimum Gasteiger partial charge on any atom is -0.394 e. The van der Waals surface area contributed by atoms with Crippen molar-refractivity contribution >= 4 is 28.6 Å². The molecular weight excluding hydrogens is 308 g/mol. The minimum atomic E-state index is -0.264. The van der Waals surface area contributed by atoms with E-state index in [0.717, 1.165) is 15.6 Å². The van der Waals surface area contributed by atoms with E-state index < -0.39 is 0 Å². The standard InChI is InChI=1S/C14H16N2O3S2/c17-8-11-7-16(3-4-19-11)13(18)6-10-9-21-14(15-10)12-2-1-5-20-12/h1-2,5,9,11,17H,3-4,6-8H2. The zero-order valence-corrected chi connectivity index (χ0v) is 13.0. The number of carbonyl (C=O) groups is 1. The van der Waals surface area contributed by atoms with Crippen LogP contribution in [0.25, 0.3) is 9.88 Å². The predicted octanol–water partition coefficient (Wildman–Crippen LogP) is 1.63. The monoisotopic (exact) mass is 324 g/mol. The van der Waals surface area contributed by atoms with E-state index in [4.69, 9.17) is 9.84 Å². The largest absolute Gasteiger partial charge is 0.394 e. The van der Waals surface area contributed by atoms with Gasteiger partial charge in [-0.3, -0.25) is 4.79 Å². The number of aliphatic hydroxyl groups excluding tert-OH is 1. The number of amides is 1. The van der Waals surface area contributed by atoms with Crippen LogP contribution in [-0.2, 0) is 16.0 Å². The van der Waals surface area contributed by atoms with Gasteiger partial charge in [-0.2, -0.15) is 0 Å². The van der Waals surface area contributed by atoms with Gasteiger partial charge in [0, 0.05) is 18.5 Å². The maximum atomic E-state index is 12.3. The molecule has 112 valence electrons. The van der Waals surface area contributed by atoms with Gasteiger partial charge in [0.25, 0.3) is 0 Å². The number of nitrogens with zero attached hydrogens (tertiary/aromatic N) is 2. The first-order chi connectivity index (χ1) is 10.3. The van der Waals surface area contributed by atoms with Gasteiger partial charge < -0.3 is 14.7 Å². The molecular formula is C14H16N2O3S2. The van der Waals surface area contributed by atoms with Crippen LogP contribution in [0.15, 0.2) is 22.9 Å². The molecule has 5 nitrogen and oxygen atoms in total. The van der Waals surface area contributed by atoms with Crippen molar-refractivity contribution in [3.05, 3.63) is 28.6 Å². The highest BCUT2D eigenvalue weighted by Crippen LogP contribution is 2.28. The van der Waals surface area contributed by atoms with Crippen molar-refractivity contribution in [3.63, 3.8) is 0 Å². The van der Waals surface area contributed by atoms with Gasteiger partial charge in [0.05, 0.1) is 36.3 Å². The molecule has 0 aromatic carbocycles. The first-order valence-corrected chi connectivity index (χ1v) is 8.50. The Labute approximate surface area is 130 Å². The van der Waals surface area contributed by atoms with Gasteiger partial charge in [0.15, 0.2) is 0 Å². The Morgan fingerprint density at radius 3 is 3.19 bits per heavy atom. The highest BCUT2D eigenvalue weighted by Gasteiger charge is 2.24. The van der Waals surface area contributed by atoms with Gasteiger partial charge in [-0.1, -0.05) is 6.07 Å². The SMILES string of the molecule is O=C(Cc1csc(-c2cccs2)n1)N1CCOC(CO)C1. The molecule has 1 atom stereocenters. The summed E-state index contributed by atoms with van der Waals surface area (Å²) in [4.78, 5) is 19.7. The molecule has 0 bridgehead atoms. The van der Waals surface area contributed by atoms with Crippen molar-refractivity contribution in [1.82, 2.24) is 9.88 Å². The quantitative estimate of drug-likeness (QED) is 0.928. The first kappa shape index (κ1) is 14.6. The van der Waals surface area contributed by atoms with Crippen LogP contribution in [0.4, 0.5) is 0 Å². The number of aromatic nitrogens is 1. The fourth-order valence-electron chi connectivity index (χ4n) is 2.22. The van der Waals surface area contributed by atoms with E-state index in [1.165, 1.54) is 0 Å². The van der Waals surface area contributed by atoms with E-state index in [9.17, 15) is 4.79 Å². The Hall–Kier alpha value is -1.28. The number of rotatable bonds is 4. The minimum absolute atomic E-state index is 0.0415. The zero-order valence-electron chi connectivity index (χ0n) is 11.4. The summed E-state index contributed by atoms with van der Waals surface area (Å²) in [5.74, 6) is 0.0415. The van der Waals surface area contributed by atoms with Crippen LogP contribution in [0.2, 0.25) is 0 Å². The van der Waals surface area contributed by atoms with Crippen LogP contribution in [0.5, 0.6) is 0 Å². The molecule has 7 heteroatoms. The van der Waals surface area contributed by atoms with Gasteiger partial charge in [-0.15, -0.1) is 22.7 Å². The summed E-state index contributed by atoms with van der Waals surface area (Å²) in [5.41, 5.74) is 0.806. The van der Waals surface area contributed by atoms with Crippen molar-refractivity contribution < 1.29 is 14.6 Å². The summed E-state index contributed by atoms with van der Waals surface area (Å²) < 4.78 is 5.35. The van der Waals surface area contributed by atoms with E-state index in [2.05, 4.69) is 4.98 Å². The highest BCUT2D eigenvalue weighted by atomic mass is 32.1. The van der Waals surface area contributed by atoms with Gasteiger partial charge in [0.2, 0.25) is 5.91 Å². The van der Waals surface area contributed by atoms with Crippen molar-refractivity contribution in [2.45, 2.75) is 12.5 Å². The third-order valence-corrected chi connectivity index (χ3v) is 5.24. The fourth-order valence-corrected chi connectivity index (χ4v) is 3.86. The molecule has 21 heavy (non-hydrogen) atoms. The maximum absolute atomic E-state index is 12.3. The average molecular weight is 324 g/mol. The Bertz CT molecular complexity index is 597. The van der Waals surface area contributed by atoms with Gasteiger partial charge in [-0.25, -0.2) is 4.98 Å². The Morgan fingerprint density at radius 1 is 1.52 bits per heavy atom. The predicted molar refractivity (Wildman–Crippen MR) is 82.5 cm³/mol. The summed E-state index contributed by atoms with van der Waals surface area (Å²) in [6.45, 7) is 1.46. The number of thiophene rings is 1. The van der Waals surface area contributed by atoms with Crippen LogP contribution >= 0.6 is 22.7 Å². The van der Waals surface area contributed by atoms with Crippen LogP contribution in [-0.4, -0.2) is 53.3 Å². The molecule has 3 rings (SSSR count). The molecule has 1 aliphatic heterocycles. The number of morpholine rings is 1. The van der Waals surface area contributed by atoms with Crippen molar-refractivity contribution in [2.75, 3.05) is 26.3 Å². The Morgan fingerprint density at radius 2 is 2.43 bits per heavy atom. The number of ether oxygens (including phenoxy) is 1. The second-order valence-electron chi connectivity index (χ2n) is 4.81. The lowest BCUT2D eigenvalue weighted by Crippen LogP contribution is -2.47. The molecule has 3 heterocycles. The first-order valence-electron chi connectivity index (χ1n) is 6.75. The molecule has 0 saturated carbocycles. The van der Waals surface area contributed by atoms with Gasteiger partial charge in [-0.05, 0) is 11.4 Å². The zero-order chi connectivity index (χ0) is 14.7. The highest BCUT2D eigenvalue weighted by molar-refractivity contribution is 7.20. The molecule has 1 N–H and O–H groups in total. The summed E-state index contributed by atoms with van der Waals surface area (Å²) in [6, 6.07) is 4.03. The lowest BCUT2D eigenvalue weighted by Gasteiger charge is -2.31. The number of aliphatic hydroxyl groups is 1. The van der Waals surface area contributed by atoms with Crippen molar-refractivity contribution in [3.8, 4) is 9.88 Å². The van der Waals surface area contributed by atoms with Gasteiger partial charge in [0.1, 0.15) is 5.01 Å². The Kier molecular flexibility index (Phi) is 4.64. The van der Waals surface area contributed by atoms with Crippen LogP contribution < -0.4 is 0 Å². The van der Waals surface area contributed by atoms with Gasteiger partial charge >= 0.3 is 0 Å². The molecule has 1 amide bonds. The summed E-state index contributed by atoms with van der Waals surface area (Å²) in [5, 5.41) is 14.0. The molecule has 1 fully saturated rings.